The topological polar surface area (TPSA) is 78.1 Å². The number of nitrogens with zero attached hydrogens (tertiary/aromatic N) is 1. The molecule has 3 aromatic rings. The van der Waals surface area contributed by atoms with Crippen LogP contribution in [-0.2, 0) is 0 Å². The molecule has 2 amide bonds. The summed E-state index contributed by atoms with van der Waals surface area (Å²) >= 11 is 9.86. The zero-order valence-corrected chi connectivity index (χ0v) is 16.5. The third-order valence-corrected chi connectivity index (χ3v) is 4.68. The molecule has 132 valence electrons. The number of hydrazine groups is 1. The Kier molecular flexibility index (Phi) is 6.16. The Hall–Kier alpha value is -2.49. The van der Waals surface area contributed by atoms with Crippen LogP contribution in [0.2, 0.25) is 0 Å². The smallest absolute Gasteiger partial charge is 0.331 e. The second-order valence-electron chi connectivity index (χ2n) is 5.07. The number of thiazole rings is 1. The highest BCUT2D eigenvalue weighted by Gasteiger charge is 2.08. The summed E-state index contributed by atoms with van der Waals surface area (Å²) in [5, 5.41) is 8.26. The monoisotopic (exact) mass is 447 g/mol. The molecule has 9 heteroatoms. The molecule has 0 aliphatic heterocycles. The van der Waals surface area contributed by atoms with Crippen LogP contribution in [0.3, 0.4) is 0 Å². The number of hydrogen-bond acceptors (Lipinski definition) is 4. The fraction of sp³-hybridized carbons (Fsp3) is 0. The standard InChI is InChI=1S/C17H14BrN5OS2/c18-12-8-6-11(7-9-12)14-10-26-17(20-14)21-15(24)22-23-16(25)19-13-4-2-1-3-5-13/h1-10H,(H2,19,23,25)(H2,20,21,22,24). The molecule has 0 unspecified atom stereocenters. The molecule has 26 heavy (non-hydrogen) atoms. The summed E-state index contributed by atoms with van der Waals surface area (Å²) in [6.45, 7) is 0. The van der Waals surface area contributed by atoms with E-state index >= 15 is 0 Å². The second-order valence-corrected chi connectivity index (χ2v) is 7.25. The molecule has 0 aliphatic carbocycles. The predicted molar refractivity (Wildman–Crippen MR) is 113 cm³/mol. The quantitative estimate of drug-likeness (QED) is 0.348. The van der Waals surface area contributed by atoms with Gasteiger partial charge >= 0.3 is 6.03 Å². The first-order chi connectivity index (χ1) is 12.6. The number of carbonyl (C=O) groups is 1. The lowest BCUT2D eigenvalue weighted by Crippen LogP contribution is -2.45. The number of benzene rings is 2. The van der Waals surface area contributed by atoms with Gasteiger partial charge in [-0.15, -0.1) is 11.3 Å². The Morgan fingerprint density at radius 3 is 2.46 bits per heavy atom. The van der Waals surface area contributed by atoms with Crippen molar-refractivity contribution in [1.82, 2.24) is 15.8 Å². The molecule has 0 saturated carbocycles. The van der Waals surface area contributed by atoms with E-state index in [0.717, 1.165) is 21.4 Å². The predicted octanol–water partition coefficient (Wildman–Crippen LogP) is 4.60. The first kappa shape index (κ1) is 18.3. The molecule has 0 aliphatic rings. The number of carbonyl (C=O) groups excluding carboxylic acids is 1. The largest absolute Gasteiger partial charge is 0.339 e. The maximum Gasteiger partial charge on any atom is 0.339 e. The van der Waals surface area contributed by atoms with Gasteiger partial charge in [0.1, 0.15) is 0 Å². The van der Waals surface area contributed by atoms with Crippen molar-refractivity contribution in [3.05, 3.63) is 64.5 Å². The molecular weight excluding hydrogens is 434 g/mol. The average Bonchev–Trinajstić information content (AvgIpc) is 3.10. The Balaban J connectivity index is 1.49. The molecule has 0 radical (unpaired) electrons. The highest BCUT2D eigenvalue weighted by molar-refractivity contribution is 9.10. The van der Waals surface area contributed by atoms with Crippen LogP contribution in [0.5, 0.6) is 0 Å². The van der Waals surface area contributed by atoms with E-state index < -0.39 is 6.03 Å². The van der Waals surface area contributed by atoms with E-state index in [9.17, 15) is 4.79 Å². The van der Waals surface area contributed by atoms with E-state index in [0.29, 0.717) is 5.13 Å². The van der Waals surface area contributed by atoms with Crippen molar-refractivity contribution in [2.45, 2.75) is 0 Å². The Morgan fingerprint density at radius 1 is 1.00 bits per heavy atom. The second kappa shape index (κ2) is 8.75. The first-order valence-corrected chi connectivity index (χ1v) is 9.59. The normalized spacial score (nSPS) is 10.0. The van der Waals surface area contributed by atoms with Gasteiger partial charge in [-0.05, 0) is 36.5 Å². The average molecular weight is 448 g/mol. The molecule has 0 atom stereocenters. The van der Waals surface area contributed by atoms with E-state index in [2.05, 4.69) is 42.4 Å². The fourth-order valence-electron chi connectivity index (χ4n) is 2.01. The maximum absolute atomic E-state index is 11.9. The van der Waals surface area contributed by atoms with Crippen LogP contribution >= 0.6 is 39.5 Å². The summed E-state index contributed by atoms with van der Waals surface area (Å²) < 4.78 is 1.00. The minimum absolute atomic E-state index is 0.279. The lowest BCUT2D eigenvalue weighted by Gasteiger charge is -2.11. The van der Waals surface area contributed by atoms with Crippen LogP contribution in [0.1, 0.15) is 0 Å². The summed E-state index contributed by atoms with van der Waals surface area (Å²) in [5.41, 5.74) is 7.69. The number of urea groups is 1. The molecule has 2 aromatic carbocycles. The molecule has 6 nitrogen and oxygen atoms in total. The van der Waals surface area contributed by atoms with Gasteiger partial charge in [-0.2, -0.15) is 0 Å². The number of amides is 2. The van der Waals surface area contributed by atoms with E-state index in [1.807, 2.05) is 60.0 Å². The Bertz CT molecular complexity index is 899. The van der Waals surface area contributed by atoms with E-state index in [-0.39, 0.29) is 5.11 Å². The summed E-state index contributed by atoms with van der Waals surface area (Å²) in [7, 11) is 0. The van der Waals surface area contributed by atoms with Gasteiger partial charge in [0.2, 0.25) is 0 Å². The van der Waals surface area contributed by atoms with Crippen molar-refractivity contribution in [3.8, 4) is 11.3 Å². The van der Waals surface area contributed by atoms with Gasteiger partial charge in [-0.3, -0.25) is 10.7 Å². The molecule has 4 N–H and O–H groups in total. The van der Waals surface area contributed by atoms with E-state index in [1.54, 1.807) is 0 Å². The van der Waals surface area contributed by atoms with Crippen molar-refractivity contribution in [1.29, 1.82) is 0 Å². The number of para-hydroxylation sites is 1. The van der Waals surface area contributed by atoms with Crippen molar-refractivity contribution in [2.24, 2.45) is 0 Å². The van der Waals surface area contributed by atoms with Crippen LogP contribution in [0.15, 0.2) is 64.5 Å². The molecule has 0 fully saturated rings. The molecule has 1 heterocycles. The lowest BCUT2D eigenvalue weighted by atomic mass is 10.2. The van der Waals surface area contributed by atoms with E-state index in [4.69, 9.17) is 12.2 Å². The number of anilines is 2. The van der Waals surface area contributed by atoms with Gasteiger partial charge in [0.05, 0.1) is 5.69 Å². The minimum Gasteiger partial charge on any atom is -0.331 e. The highest BCUT2D eigenvalue weighted by Crippen LogP contribution is 2.25. The van der Waals surface area contributed by atoms with Gasteiger partial charge in [0.15, 0.2) is 10.2 Å². The summed E-state index contributed by atoms with van der Waals surface area (Å²) in [6, 6.07) is 16.8. The first-order valence-electron chi connectivity index (χ1n) is 7.50. The number of thiocarbonyl (C=S) groups is 1. The van der Waals surface area contributed by atoms with Crippen LogP contribution in [0.25, 0.3) is 11.3 Å². The Morgan fingerprint density at radius 2 is 1.73 bits per heavy atom. The van der Waals surface area contributed by atoms with Gasteiger partial charge in [-0.25, -0.2) is 15.2 Å². The molecule has 0 spiro atoms. The third-order valence-electron chi connectivity index (χ3n) is 3.19. The maximum atomic E-state index is 11.9. The molecular formula is C17H14BrN5OS2. The zero-order valence-electron chi connectivity index (χ0n) is 13.3. The van der Waals surface area contributed by atoms with Crippen LogP contribution in [0.4, 0.5) is 15.6 Å². The van der Waals surface area contributed by atoms with Crippen LogP contribution in [-0.4, -0.2) is 16.1 Å². The number of hydrogen-bond donors (Lipinski definition) is 4. The van der Waals surface area contributed by atoms with Crippen LogP contribution < -0.4 is 21.5 Å². The van der Waals surface area contributed by atoms with Gasteiger partial charge in [0, 0.05) is 21.1 Å². The lowest BCUT2D eigenvalue weighted by molar-refractivity contribution is 0.250. The summed E-state index contributed by atoms with van der Waals surface area (Å²) in [4.78, 5) is 16.3. The van der Waals surface area contributed by atoms with Gasteiger partial charge in [0.25, 0.3) is 0 Å². The summed E-state index contributed by atoms with van der Waals surface area (Å²) in [6.07, 6.45) is 0. The van der Waals surface area contributed by atoms with Crippen molar-refractivity contribution >= 4 is 61.4 Å². The fourth-order valence-corrected chi connectivity index (χ4v) is 3.16. The highest BCUT2D eigenvalue weighted by atomic mass is 79.9. The zero-order chi connectivity index (χ0) is 18.4. The molecule has 3 rings (SSSR count). The number of aromatic nitrogens is 1. The Labute approximate surface area is 168 Å². The number of halogens is 1. The number of nitrogens with one attached hydrogen (secondary N) is 4. The van der Waals surface area contributed by atoms with Crippen LogP contribution in [0, 0.1) is 0 Å². The van der Waals surface area contributed by atoms with Gasteiger partial charge in [-0.1, -0.05) is 46.3 Å². The minimum atomic E-state index is -0.459. The summed E-state index contributed by atoms with van der Waals surface area (Å²) in [5.74, 6) is 0. The molecule has 0 saturated heterocycles. The third kappa shape index (κ3) is 5.25. The van der Waals surface area contributed by atoms with Crippen molar-refractivity contribution in [2.75, 3.05) is 10.6 Å². The van der Waals surface area contributed by atoms with E-state index in [1.165, 1.54) is 11.3 Å². The van der Waals surface area contributed by atoms with Crippen molar-refractivity contribution < 1.29 is 4.79 Å². The SMILES string of the molecule is O=C(NNC(=S)Nc1ccccc1)Nc1nc(-c2ccc(Br)cc2)cs1. The molecule has 1 aromatic heterocycles. The van der Waals surface area contributed by atoms with Gasteiger partial charge < -0.3 is 5.32 Å². The van der Waals surface area contributed by atoms with Crippen molar-refractivity contribution in [3.63, 3.8) is 0 Å². The number of rotatable bonds is 3. The molecule has 0 bridgehead atoms.